The van der Waals surface area contributed by atoms with Gasteiger partial charge in [-0.1, -0.05) is 0 Å². The minimum absolute atomic E-state index is 0.221. The summed E-state index contributed by atoms with van der Waals surface area (Å²) in [6.45, 7) is 2.60. The number of likely N-dealkylation sites (N-methyl/N-ethyl adjacent to an activating group) is 1. The number of aryl methyl sites for hydroxylation is 1. The normalized spacial score (nSPS) is 22.3. The first kappa shape index (κ1) is 10.9. The van der Waals surface area contributed by atoms with Crippen molar-refractivity contribution in [2.75, 3.05) is 13.2 Å². The van der Waals surface area contributed by atoms with E-state index in [9.17, 15) is 9.90 Å². The number of rotatable bonds is 3. The van der Waals surface area contributed by atoms with Crippen LogP contribution in [0.2, 0.25) is 0 Å². The van der Waals surface area contributed by atoms with Crippen LogP contribution < -0.4 is 0 Å². The van der Waals surface area contributed by atoms with Crippen LogP contribution in [0.3, 0.4) is 0 Å². The molecule has 6 heteroatoms. The van der Waals surface area contributed by atoms with Crippen molar-refractivity contribution in [2.45, 2.75) is 19.1 Å². The van der Waals surface area contributed by atoms with Crippen molar-refractivity contribution >= 4 is 6.09 Å². The molecule has 1 aliphatic rings. The number of hydrogen-bond acceptors (Lipinski definition) is 4. The molecule has 1 aromatic rings. The first-order chi connectivity index (χ1) is 7.65. The number of hydrogen-bond donors (Lipinski definition) is 1. The summed E-state index contributed by atoms with van der Waals surface area (Å²) >= 11 is 0. The zero-order chi connectivity index (χ0) is 11.7. The molecular formula is C10H15N3O3. The lowest BCUT2D eigenvalue weighted by Crippen LogP contribution is -2.38. The number of carbonyl (C=O) groups excluding carboxylic acids is 1. The van der Waals surface area contributed by atoms with Gasteiger partial charge in [0.25, 0.3) is 0 Å². The van der Waals surface area contributed by atoms with Crippen molar-refractivity contribution in [3.63, 3.8) is 0 Å². The van der Waals surface area contributed by atoms with Gasteiger partial charge in [-0.2, -0.15) is 0 Å². The predicted octanol–water partition coefficient (Wildman–Crippen LogP) is 0.294. The Hall–Kier alpha value is -1.56. The number of aliphatic hydroxyl groups excluding tert-OH is 1. The number of amides is 1. The molecule has 0 unspecified atom stereocenters. The summed E-state index contributed by atoms with van der Waals surface area (Å²) in [5.74, 6) is 0. The third-order valence-electron chi connectivity index (χ3n) is 2.87. The fourth-order valence-electron chi connectivity index (χ4n) is 1.94. The average Bonchev–Trinajstić information content (AvgIpc) is 2.83. The smallest absolute Gasteiger partial charge is 0.410 e. The standard InChI is InChI=1S/C10H15N3O3/c1-3-13-8(5-16-10(13)15)9(14)7-4-11-6-12(7)2/h4,6,8-9,14H,3,5H2,1-2H3/t8-,9-/m1/s1. The van der Waals surface area contributed by atoms with E-state index in [0.717, 1.165) is 0 Å². The molecule has 1 N–H and O–H groups in total. The lowest BCUT2D eigenvalue weighted by Gasteiger charge is -2.24. The molecule has 6 nitrogen and oxygen atoms in total. The summed E-state index contributed by atoms with van der Waals surface area (Å²) in [6.07, 6.45) is 2.08. The van der Waals surface area contributed by atoms with E-state index >= 15 is 0 Å². The molecule has 2 heterocycles. The maximum Gasteiger partial charge on any atom is 0.410 e. The van der Waals surface area contributed by atoms with Gasteiger partial charge in [-0.15, -0.1) is 0 Å². The summed E-state index contributed by atoms with van der Waals surface area (Å²) in [6, 6.07) is -0.326. The molecule has 1 amide bonds. The third kappa shape index (κ3) is 1.65. The predicted molar refractivity (Wildman–Crippen MR) is 55.7 cm³/mol. The van der Waals surface area contributed by atoms with Gasteiger partial charge in [0.2, 0.25) is 0 Å². The average molecular weight is 225 g/mol. The largest absolute Gasteiger partial charge is 0.447 e. The number of nitrogens with zero attached hydrogens (tertiary/aromatic N) is 3. The summed E-state index contributed by atoms with van der Waals surface area (Å²) in [4.78, 5) is 16.8. The molecule has 0 radical (unpaired) electrons. The highest BCUT2D eigenvalue weighted by atomic mass is 16.6. The van der Waals surface area contributed by atoms with Crippen LogP contribution >= 0.6 is 0 Å². The Morgan fingerprint density at radius 3 is 3.06 bits per heavy atom. The summed E-state index contributed by atoms with van der Waals surface area (Å²) in [5.41, 5.74) is 0.682. The Morgan fingerprint density at radius 1 is 1.75 bits per heavy atom. The Morgan fingerprint density at radius 2 is 2.50 bits per heavy atom. The number of cyclic esters (lactones) is 1. The number of ether oxygens (including phenoxy) is 1. The van der Waals surface area contributed by atoms with Crippen molar-refractivity contribution in [2.24, 2.45) is 7.05 Å². The van der Waals surface area contributed by atoms with Crippen molar-refractivity contribution in [3.8, 4) is 0 Å². The quantitative estimate of drug-likeness (QED) is 0.803. The summed E-state index contributed by atoms with van der Waals surface area (Å²) < 4.78 is 6.66. The maximum absolute atomic E-state index is 11.3. The minimum atomic E-state index is -0.765. The van der Waals surface area contributed by atoms with Crippen molar-refractivity contribution in [1.82, 2.24) is 14.5 Å². The molecule has 2 atom stereocenters. The highest BCUT2D eigenvalue weighted by Gasteiger charge is 2.38. The number of aliphatic hydroxyl groups is 1. The van der Waals surface area contributed by atoms with E-state index in [1.54, 1.807) is 24.1 Å². The highest BCUT2D eigenvalue weighted by molar-refractivity contribution is 5.70. The second-order valence-electron chi connectivity index (χ2n) is 3.80. The topological polar surface area (TPSA) is 67.6 Å². The van der Waals surface area contributed by atoms with Crippen LogP contribution in [0.15, 0.2) is 12.5 Å². The van der Waals surface area contributed by atoms with Crippen molar-refractivity contribution in [1.29, 1.82) is 0 Å². The molecule has 0 aliphatic carbocycles. The van der Waals surface area contributed by atoms with E-state index in [2.05, 4.69) is 4.98 Å². The zero-order valence-corrected chi connectivity index (χ0v) is 9.33. The first-order valence-corrected chi connectivity index (χ1v) is 5.22. The van der Waals surface area contributed by atoms with E-state index in [0.29, 0.717) is 12.2 Å². The Kier molecular flexibility index (Phi) is 2.82. The molecule has 1 saturated heterocycles. The van der Waals surface area contributed by atoms with Gasteiger partial charge in [-0.3, -0.25) is 4.90 Å². The summed E-state index contributed by atoms with van der Waals surface area (Å²) in [5, 5.41) is 10.2. The van der Waals surface area contributed by atoms with Crippen LogP contribution in [0.5, 0.6) is 0 Å². The van der Waals surface area contributed by atoms with Gasteiger partial charge in [0.15, 0.2) is 0 Å². The Balaban J connectivity index is 2.19. The minimum Gasteiger partial charge on any atom is -0.447 e. The molecular weight excluding hydrogens is 210 g/mol. The molecule has 0 bridgehead atoms. The molecule has 16 heavy (non-hydrogen) atoms. The van der Waals surface area contributed by atoms with Gasteiger partial charge in [0.1, 0.15) is 18.8 Å². The molecule has 1 aromatic heterocycles. The SMILES string of the molecule is CCN1C(=O)OC[C@@H]1[C@H](O)c1cncn1C. The van der Waals surface area contributed by atoms with Gasteiger partial charge in [0.05, 0.1) is 18.2 Å². The molecule has 0 spiro atoms. The van der Waals surface area contributed by atoms with Crippen LogP contribution in [-0.2, 0) is 11.8 Å². The third-order valence-corrected chi connectivity index (χ3v) is 2.87. The van der Waals surface area contributed by atoms with Gasteiger partial charge in [0, 0.05) is 13.6 Å². The van der Waals surface area contributed by atoms with E-state index in [4.69, 9.17) is 4.74 Å². The lowest BCUT2D eigenvalue weighted by atomic mass is 10.1. The first-order valence-electron chi connectivity index (χ1n) is 5.22. The van der Waals surface area contributed by atoms with Crippen LogP contribution in [0, 0.1) is 0 Å². The molecule has 88 valence electrons. The van der Waals surface area contributed by atoms with Crippen LogP contribution in [-0.4, -0.2) is 44.8 Å². The monoisotopic (exact) mass is 225 g/mol. The second-order valence-corrected chi connectivity index (χ2v) is 3.80. The number of aromatic nitrogens is 2. The number of imidazole rings is 1. The van der Waals surface area contributed by atoms with Crippen LogP contribution in [0.4, 0.5) is 4.79 Å². The van der Waals surface area contributed by atoms with Crippen LogP contribution in [0.1, 0.15) is 18.7 Å². The van der Waals surface area contributed by atoms with E-state index in [1.165, 1.54) is 4.90 Å². The molecule has 0 saturated carbocycles. The van der Waals surface area contributed by atoms with Gasteiger partial charge in [-0.05, 0) is 6.92 Å². The van der Waals surface area contributed by atoms with Gasteiger partial charge >= 0.3 is 6.09 Å². The lowest BCUT2D eigenvalue weighted by molar-refractivity contribution is 0.0824. The Labute approximate surface area is 93.4 Å². The van der Waals surface area contributed by atoms with E-state index in [-0.39, 0.29) is 18.7 Å². The van der Waals surface area contributed by atoms with Gasteiger partial charge < -0.3 is 14.4 Å². The number of carbonyl (C=O) groups is 1. The fraction of sp³-hybridized carbons (Fsp3) is 0.600. The molecule has 1 fully saturated rings. The van der Waals surface area contributed by atoms with E-state index < -0.39 is 6.10 Å². The zero-order valence-electron chi connectivity index (χ0n) is 9.33. The molecule has 1 aliphatic heterocycles. The Bertz CT molecular complexity index is 390. The van der Waals surface area contributed by atoms with Gasteiger partial charge in [-0.25, -0.2) is 9.78 Å². The van der Waals surface area contributed by atoms with Crippen molar-refractivity contribution in [3.05, 3.63) is 18.2 Å². The van der Waals surface area contributed by atoms with Crippen LogP contribution in [0.25, 0.3) is 0 Å². The molecule has 0 aromatic carbocycles. The van der Waals surface area contributed by atoms with Crippen molar-refractivity contribution < 1.29 is 14.6 Å². The van der Waals surface area contributed by atoms with E-state index in [1.807, 2.05) is 6.92 Å². The highest BCUT2D eigenvalue weighted by Crippen LogP contribution is 2.25. The second kappa shape index (κ2) is 4.13. The summed E-state index contributed by atoms with van der Waals surface area (Å²) in [7, 11) is 1.81. The maximum atomic E-state index is 11.3. The molecule has 2 rings (SSSR count). The fourth-order valence-corrected chi connectivity index (χ4v) is 1.94.